The summed E-state index contributed by atoms with van der Waals surface area (Å²) < 4.78 is 0. The minimum absolute atomic E-state index is 0.211. The van der Waals surface area contributed by atoms with Gasteiger partial charge in [-0.2, -0.15) is 0 Å². The summed E-state index contributed by atoms with van der Waals surface area (Å²) in [5, 5.41) is 0.630. The summed E-state index contributed by atoms with van der Waals surface area (Å²) >= 11 is 0. The standard InChI is InChI=1S/C18H19S/c1-4-10-16(11-5-1)19(17-12-6-2-7-13-17)18-14-8-3-9-15-18/h1-8,10-12,14,17H,9,13,15H2/q+1. The lowest BCUT2D eigenvalue weighted by Gasteiger charge is -2.19. The van der Waals surface area contributed by atoms with Crippen molar-refractivity contribution in [1.29, 1.82) is 0 Å². The van der Waals surface area contributed by atoms with Crippen LogP contribution in [0.25, 0.3) is 0 Å². The molecule has 0 nitrogen and oxygen atoms in total. The SMILES string of the molecule is C1=CCCC([S+](c2ccccc2)C2C=CC=CC2)=C1. The molecule has 1 heteroatoms. The van der Waals surface area contributed by atoms with Crippen LogP contribution in [0.15, 0.2) is 82.7 Å². The second-order valence-corrected chi connectivity index (χ2v) is 7.11. The highest BCUT2D eigenvalue weighted by Crippen LogP contribution is 2.34. The van der Waals surface area contributed by atoms with E-state index in [0.717, 1.165) is 6.42 Å². The Kier molecular flexibility index (Phi) is 4.04. The normalized spacial score (nSPS) is 23.2. The zero-order chi connectivity index (χ0) is 12.9. The summed E-state index contributed by atoms with van der Waals surface area (Å²) in [6, 6.07) is 11.0. The molecule has 96 valence electrons. The Morgan fingerprint density at radius 3 is 2.53 bits per heavy atom. The molecular formula is C18H19S+. The van der Waals surface area contributed by atoms with Crippen molar-refractivity contribution >= 4 is 10.9 Å². The number of hydrogen-bond donors (Lipinski definition) is 0. The van der Waals surface area contributed by atoms with E-state index in [4.69, 9.17) is 0 Å². The molecule has 0 N–H and O–H groups in total. The van der Waals surface area contributed by atoms with Crippen LogP contribution in [0, 0.1) is 0 Å². The zero-order valence-electron chi connectivity index (χ0n) is 11.0. The van der Waals surface area contributed by atoms with Gasteiger partial charge in [0, 0.05) is 12.8 Å². The van der Waals surface area contributed by atoms with Crippen LogP contribution in [-0.4, -0.2) is 5.25 Å². The molecule has 0 radical (unpaired) electrons. The van der Waals surface area contributed by atoms with Crippen LogP contribution < -0.4 is 0 Å². The first-order chi connectivity index (χ1) is 9.45. The molecule has 1 aromatic carbocycles. The van der Waals surface area contributed by atoms with E-state index in [-0.39, 0.29) is 10.9 Å². The highest BCUT2D eigenvalue weighted by molar-refractivity contribution is 8.01. The van der Waals surface area contributed by atoms with Gasteiger partial charge in [0.2, 0.25) is 0 Å². The highest BCUT2D eigenvalue weighted by Gasteiger charge is 2.35. The largest absolute Gasteiger partial charge is 0.160 e. The number of hydrogen-bond acceptors (Lipinski definition) is 0. The Hall–Kier alpha value is -1.47. The van der Waals surface area contributed by atoms with Crippen molar-refractivity contribution in [3.63, 3.8) is 0 Å². The monoisotopic (exact) mass is 267 g/mol. The summed E-state index contributed by atoms with van der Waals surface area (Å²) in [5.74, 6) is 0. The number of allylic oxidation sites excluding steroid dienone is 7. The second kappa shape index (κ2) is 6.12. The smallest absolute Gasteiger partial charge is 0.0839 e. The molecular weight excluding hydrogens is 248 g/mol. The van der Waals surface area contributed by atoms with Crippen molar-refractivity contribution in [3.8, 4) is 0 Å². The average Bonchev–Trinajstić information content (AvgIpc) is 2.51. The van der Waals surface area contributed by atoms with E-state index in [9.17, 15) is 0 Å². The Labute approximate surface area is 118 Å². The van der Waals surface area contributed by atoms with Gasteiger partial charge in [-0.1, -0.05) is 48.6 Å². The van der Waals surface area contributed by atoms with Gasteiger partial charge in [0.15, 0.2) is 10.1 Å². The van der Waals surface area contributed by atoms with Gasteiger partial charge in [0.25, 0.3) is 0 Å². The van der Waals surface area contributed by atoms with E-state index < -0.39 is 0 Å². The van der Waals surface area contributed by atoms with Crippen LogP contribution in [0.3, 0.4) is 0 Å². The van der Waals surface area contributed by atoms with Gasteiger partial charge in [-0.25, -0.2) is 0 Å². The molecule has 2 atom stereocenters. The Balaban J connectivity index is 1.95. The molecule has 2 aliphatic carbocycles. The lowest BCUT2D eigenvalue weighted by Crippen LogP contribution is -2.22. The van der Waals surface area contributed by atoms with Crippen LogP contribution in [-0.2, 0) is 10.9 Å². The van der Waals surface area contributed by atoms with Gasteiger partial charge >= 0.3 is 0 Å². The van der Waals surface area contributed by atoms with Crippen molar-refractivity contribution in [3.05, 3.63) is 77.8 Å². The number of rotatable bonds is 3. The summed E-state index contributed by atoms with van der Waals surface area (Å²) in [6.07, 6.45) is 19.5. The van der Waals surface area contributed by atoms with E-state index in [0.29, 0.717) is 5.25 Å². The van der Waals surface area contributed by atoms with Crippen LogP contribution in [0.2, 0.25) is 0 Å². The van der Waals surface area contributed by atoms with Crippen LogP contribution >= 0.6 is 0 Å². The van der Waals surface area contributed by atoms with Gasteiger partial charge < -0.3 is 0 Å². The van der Waals surface area contributed by atoms with Crippen LogP contribution in [0.5, 0.6) is 0 Å². The molecule has 2 aliphatic rings. The van der Waals surface area contributed by atoms with Crippen molar-refractivity contribution in [2.75, 3.05) is 0 Å². The lowest BCUT2D eigenvalue weighted by molar-refractivity contribution is 0.993. The summed E-state index contributed by atoms with van der Waals surface area (Å²) in [4.78, 5) is 3.09. The molecule has 0 amide bonds. The minimum Gasteiger partial charge on any atom is -0.0839 e. The summed E-state index contributed by atoms with van der Waals surface area (Å²) in [7, 11) is 0.211. The van der Waals surface area contributed by atoms with Crippen molar-refractivity contribution in [2.24, 2.45) is 0 Å². The third-order valence-corrected chi connectivity index (χ3v) is 6.14. The predicted octanol–water partition coefficient (Wildman–Crippen LogP) is 4.78. The quantitative estimate of drug-likeness (QED) is 0.691. The van der Waals surface area contributed by atoms with Gasteiger partial charge in [-0.3, -0.25) is 0 Å². The maximum absolute atomic E-state index is 2.38. The predicted molar refractivity (Wildman–Crippen MR) is 85.2 cm³/mol. The molecule has 0 aromatic heterocycles. The molecule has 0 aliphatic heterocycles. The second-order valence-electron chi connectivity index (χ2n) is 4.84. The molecule has 1 aromatic rings. The van der Waals surface area contributed by atoms with Gasteiger partial charge in [-0.05, 0) is 30.7 Å². The summed E-state index contributed by atoms with van der Waals surface area (Å²) in [5.41, 5.74) is 0. The van der Waals surface area contributed by atoms with Crippen molar-refractivity contribution in [2.45, 2.75) is 29.4 Å². The van der Waals surface area contributed by atoms with E-state index in [2.05, 4.69) is 72.9 Å². The maximum Gasteiger partial charge on any atom is 0.160 e. The first-order valence-corrected chi connectivity index (χ1v) is 8.21. The van der Waals surface area contributed by atoms with Gasteiger partial charge in [0.05, 0.1) is 10.9 Å². The zero-order valence-corrected chi connectivity index (χ0v) is 11.9. The van der Waals surface area contributed by atoms with Gasteiger partial charge in [0.1, 0.15) is 4.91 Å². The maximum atomic E-state index is 2.38. The first kappa shape index (κ1) is 12.6. The van der Waals surface area contributed by atoms with Gasteiger partial charge in [-0.15, -0.1) is 0 Å². The van der Waals surface area contributed by atoms with Crippen molar-refractivity contribution < 1.29 is 0 Å². The van der Waals surface area contributed by atoms with E-state index in [1.165, 1.54) is 17.7 Å². The van der Waals surface area contributed by atoms with E-state index in [1.54, 1.807) is 4.91 Å². The Morgan fingerprint density at radius 2 is 1.84 bits per heavy atom. The van der Waals surface area contributed by atoms with E-state index in [1.807, 2.05) is 0 Å². The Morgan fingerprint density at radius 1 is 0.947 bits per heavy atom. The van der Waals surface area contributed by atoms with E-state index >= 15 is 0 Å². The summed E-state index contributed by atoms with van der Waals surface area (Å²) in [6.45, 7) is 0. The lowest BCUT2D eigenvalue weighted by atomic mass is 10.2. The molecule has 0 bridgehead atoms. The Bertz CT molecular complexity index is 534. The molecule has 0 heterocycles. The number of benzene rings is 1. The van der Waals surface area contributed by atoms with Crippen molar-refractivity contribution in [1.82, 2.24) is 0 Å². The van der Waals surface area contributed by atoms with Crippen LogP contribution in [0.1, 0.15) is 19.3 Å². The average molecular weight is 267 g/mol. The fourth-order valence-electron chi connectivity index (χ4n) is 2.58. The minimum atomic E-state index is 0.211. The molecule has 0 saturated heterocycles. The molecule has 2 unspecified atom stereocenters. The van der Waals surface area contributed by atoms with Crippen LogP contribution in [0.4, 0.5) is 0 Å². The first-order valence-electron chi connectivity index (χ1n) is 6.92. The third kappa shape index (κ3) is 2.93. The molecule has 3 rings (SSSR count). The molecule has 0 saturated carbocycles. The molecule has 0 fully saturated rings. The molecule has 19 heavy (non-hydrogen) atoms. The third-order valence-electron chi connectivity index (χ3n) is 3.50. The molecule has 0 spiro atoms. The fraction of sp³-hybridized carbons (Fsp3) is 0.222. The topological polar surface area (TPSA) is 0 Å². The highest BCUT2D eigenvalue weighted by atomic mass is 32.2. The fourth-order valence-corrected chi connectivity index (χ4v) is 5.19.